The number of amides is 1. The molecule has 1 amide bonds. The number of aromatic nitrogens is 2. The van der Waals surface area contributed by atoms with Crippen molar-refractivity contribution in [2.45, 2.75) is 38.6 Å². The van der Waals surface area contributed by atoms with Crippen molar-refractivity contribution >= 4 is 5.91 Å². The maximum absolute atomic E-state index is 13.0. The quantitative estimate of drug-likeness (QED) is 0.915. The Kier molecular flexibility index (Phi) is 4.14. The zero-order valence-corrected chi connectivity index (χ0v) is 14.8. The topological polar surface area (TPSA) is 84.5 Å². The Bertz CT molecular complexity index is 906. The lowest BCUT2D eigenvalue weighted by atomic mass is 10.1. The fourth-order valence-electron chi connectivity index (χ4n) is 3.44. The summed E-state index contributed by atoms with van der Waals surface area (Å²) in [4.78, 5) is 34.3. The summed E-state index contributed by atoms with van der Waals surface area (Å²) in [5.74, 6) is 1.85. The molecular formula is C19H21N3O4. The van der Waals surface area contributed by atoms with Crippen LogP contribution in [0.5, 0.6) is 11.5 Å². The lowest BCUT2D eigenvalue weighted by Gasteiger charge is -2.24. The maximum Gasteiger partial charge on any atom is 0.254 e. The summed E-state index contributed by atoms with van der Waals surface area (Å²) in [6, 6.07) is 6.50. The van der Waals surface area contributed by atoms with Crippen LogP contribution in [0.4, 0.5) is 0 Å². The van der Waals surface area contributed by atoms with Crippen molar-refractivity contribution in [3.05, 3.63) is 51.7 Å². The first-order valence-electron chi connectivity index (χ1n) is 8.84. The van der Waals surface area contributed by atoms with Crippen LogP contribution in [0.3, 0.4) is 0 Å². The van der Waals surface area contributed by atoms with Crippen LogP contribution in [0.15, 0.2) is 29.1 Å². The van der Waals surface area contributed by atoms with E-state index in [1.807, 2.05) is 13.8 Å². The fraction of sp³-hybridized carbons (Fsp3) is 0.421. The summed E-state index contributed by atoms with van der Waals surface area (Å²) in [5, 5.41) is 0. The summed E-state index contributed by atoms with van der Waals surface area (Å²) >= 11 is 0. The third-order valence-electron chi connectivity index (χ3n) is 4.82. The molecule has 1 aromatic heterocycles. The van der Waals surface area contributed by atoms with E-state index in [0.29, 0.717) is 29.4 Å². The molecule has 0 spiro atoms. The van der Waals surface area contributed by atoms with Gasteiger partial charge in [0.05, 0.1) is 11.7 Å². The summed E-state index contributed by atoms with van der Waals surface area (Å²) in [7, 11) is 0. The molecule has 1 atom stereocenters. The second-order valence-electron chi connectivity index (χ2n) is 6.93. The minimum absolute atomic E-state index is 0.0941. The van der Waals surface area contributed by atoms with E-state index in [1.54, 1.807) is 23.1 Å². The Labute approximate surface area is 151 Å². The van der Waals surface area contributed by atoms with E-state index in [9.17, 15) is 9.59 Å². The zero-order valence-electron chi connectivity index (χ0n) is 14.8. The van der Waals surface area contributed by atoms with Gasteiger partial charge in [-0.25, -0.2) is 4.98 Å². The number of rotatable bonds is 3. The number of likely N-dealkylation sites (tertiary alicyclic amines) is 1. The van der Waals surface area contributed by atoms with E-state index >= 15 is 0 Å². The Morgan fingerprint density at radius 3 is 2.88 bits per heavy atom. The van der Waals surface area contributed by atoms with Gasteiger partial charge in [-0.1, -0.05) is 13.8 Å². The molecule has 3 heterocycles. The molecule has 4 rings (SSSR count). The molecule has 1 fully saturated rings. The van der Waals surface area contributed by atoms with Crippen molar-refractivity contribution in [1.82, 2.24) is 14.9 Å². The zero-order chi connectivity index (χ0) is 18.3. The highest BCUT2D eigenvalue weighted by atomic mass is 16.7. The number of aromatic amines is 1. The van der Waals surface area contributed by atoms with Gasteiger partial charge in [0.1, 0.15) is 5.82 Å². The molecule has 1 unspecified atom stereocenters. The van der Waals surface area contributed by atoms with E-state index in [1.165, 1.54) is 6.07 Å². The molecule has 0 radical (unpaired) electrons. The lowest BCUT2D eigenvalue weighted by Crippen LogP contribution is -2.32. The number of nitrogens with zero attached hydrogens (tertiary/aromatic N) is 2. The van der Waals surface area contributed by atoms with E-state index in [0.717, 1.165) is 18.5 Å². The molecule has 2 aliphatic rings. The molecule has 136 valence electrons. The van der Waals surface area contributed by atoms with Crippen molar-refractivity contribution in [3.8, 4) is 11.5 Å². The lowest BCUT2D eigenvalue weighted by molar-refractivity contribution is 0.0729. The minimum Gasteiger partial charge on any atom is -0.454 e. The van der Waals surface area contributed by atoms with Gasteiger partial charge >= 0.3 is 0 Å². The number of carbonyl (C=O) groups excluding carboxylic acids is 1. The number of benzene rings is 1. The second kappa shape index (κ2) is 6.48. The average Bonchev–Trinajstić information content (AvgIpc) is 3.29. The summed E-state index contributed by atoms with van der Waals surface area (Å²) in [5.41, 5.74) is 1.11. The van der Waals surface area contributed by atoms with Crippen molar-refractivity contribution in [3.63, 3.8) is 0 Å². The summed E-state index contributed by atoms with van der Waals surface area (Å²) < 4.78 is 10.7. The average molecular weight is 355 g/mol. The molecule has 1 saturated heterocycles. The van der Waals surface area contributed by atoms with Crippen LogP contribution in [0.1, 0.15) is 60.5 Å². The second-order valence-corrected chi connectivity index (χ2v) is 6.93. The summed E-state index contributed by atoms with van der Waals surface area (Å²) in [6.45, 7) is 4.80. The minimum atomic E-state index is -0.223. The first-order valence-corrected chi connectivity index (χ1v) is 8.84. The Morgan fingerprint density at radius 2 is 2.08 bits per heavy atom. The van der Waals surface area contributed by atoms with Gasteiger partial charge in [-0.15, -0.1) is 0 Å². The van der Waals surface area contributed by atoms with Crippen LogP contribution < -0.4 is 15.0 Å². The first-order chi connectivity index (χ1) is 12.5. The highest BCUT2D eigenvalue weighted by molar-refractivity contribution is 5.95. The molecule has 7 nitrogen and oxygen atoms in total. The maximum atomic E-state index is 13.0. The predicted octanol–water partition coefficient (Wildman–Crippen LogP) is 2.60. The van der Waals surface area contributed by atoms with Gasteiger partial charge in [-0.2, -0.15) is 0 Å². The van der Waals surface area contributed by atoms with Crippen molar-refractivity contribution in [2.24, 2.45) is 0 Å². The number of ether oxygens (including phenoxy) is 2. The fourth-order valence-corrected chi connectivity index (χ4v) is 3.44. The van der Waals surface area contributed by atoms with Crippen LogP contribution in [-0.4, -0.2) is 34.1 Å². The van der Waals surface area contributed by atoms with Crippen molar-refractivity contribution in [1.29, 1.82) is 0 Å². The number of fused-ring (bicyclic) bond motifs is 1. The van der Waals surface area contributed by atoms with Gasteiger partial charge in [0.2, 0.25) is 6.79 Å². The van der Waals surface area contributed by atoms with Crippen LogP contribution in [0.25, 0.3) is 0 Å². The molecule has 1 aromatic carbocycles. The molecule has 2 aromatic rings. The standard InChI is InChI=1S/C19H21N3O4/c1-11(2)13-9-17(23)21-18(20-13)14-4-3-7-22(14)19(24)12-5-6-15-16(8-12)26-10-25-15/h5-6,8-9,11,14H,3-4,7,10H2,1-2H3,(H,20,21,23). The highest BCUT2D eigenvalue weighted by Gasteiger charge is 2.33. The van der Waals surface area contributed by atoms with Crippen LogP contribution in [0, 0.1) is 0 Å². The molecule has 0 saturated carbocycles. The number of nitrogens with one attached hydrogen (secondary N) is 1. The number of hydrogen-bond donors (Lipinski definition) is 1. The first kappa shape index (κ1) is 16.6. The predicted molar refractivity (Wildman–Crippen MR) is 94.5 cm³/mol. The molecule has 0 bridgehead atoms. The van der Waals surface area contributed by atoms with Crippen LogP contribution >= 0.6 is 0 Å². The molecular weight excluding hydrogens is 334 g/mol. The van der Waals surface area contributed by atoms with Crippen molar-refractivity contribution in [2.75, 3.05) is 13.3 Å². The number of H-pyrrole nitrogens is 1. The van der Waals surface area contributed by atoms with Gasteiger partial charge in [-0.05, 0) is 37.0 Å². The Hall–Kier alpha value is -2.83. The van der Waals surface area contributed by atoms with Gasteiger partial charge in [-0.3, -0.25) is 9.59 Å². The normalized spacial score (nSPS) is 18.6. The van der Waals surface area contributed by atoms with Gasteiger partial charge < -0.3 is 19.4 Å². The number of hydrogen-bond acceptors (Lipinski definition) is 5. The van der Waals surface area contributed by atoms with E-state index in [2.05, 4.69) is 9.97 Å². The van der Waals surface area contributed by atoms with E-state index < -0.39 is 0 Å². The smallest absolute Gasteiger partial charge is 0.254 e. The van der Waals surface area contributed by atoms with E-state index in [-0.39, 0.29) is 30.2 Å². The van der Waals surface area contributed by atoms with E-state index in [4.69, 9.17) is 9.47 Å². The molecule has 0 aliphatic carbocycles. The summed E-state index contributed by atoms with van der Waals surface area (Å²) in [6.07, 6.45) is 1.65. The van der Waals surface area contributed by atoms with Crippen LogP contribution in [-0.2, 0) is 0 Å². The monoisotopic (exact) mass is 355 g/mol. The molecule has 1 N–H and O–H groups in total. The largest absolute Gasteiger partial charge is 0.454 e. The Morgan fingerprint density at radius 1 is 1.27 bits per heavy atom. The molecule has 2 aliphatic heterocycles. The molecule has 7 heteroatoms. The third-order valence-corrected chi connectivity index (χ3v) is 4.82. The molecule has 26 heavy (non-hydrogen) atoms. The Balaban J connectivity index is 1.64. The van der Waals surface area contributed by atoms with Gasteiger partial charge in [0, 0.05) is 18.2 Å². The highest BCUT2D eigenvalue weighted by Crippen LogP contribution is 2.35. The van der Waals surface area contributed by atoms with Crippen molar-refractivity contribution < 1.29 is 14.3 Å². The third kappa shape index (κ3) is 2.94. The number of carbonyl (C=O) groups is 1. The van der Waals surface area contributed by atoms with Crippen LogP contribution in [0.2, 0.25) is 0 Å². The van der Waals surface area contributed by atoms with Gasteiger partial charge in [0.15, 0.2) is 11.5 Å². The SMILES string of the molecule is CC(C)c1cc(=O)[nH]c(C2CCCN2C(=O)c2ccc3c(c2)OCO3)n1. The van der Waals surface area contributed by atoms with Gasteiger partial charge in [0.25, 0.3) is 11.5 Å².